The summed E-state index contributed by atoms with van der Waals surface area (Å²) >= 11 is 12.0. The van der Waals surface area contributed by atoms with E-state index in [1.54, 1.807) is 25.1 Å². The molecule has 0 N–H and O–H groups in total. The highest BCUT2D eigenvalue weighted by molar-refractivity contribution is 6.35. The minimum absolute atomic E-state index is 0.118. The molecule has 1 aromatic rings. The van der Waals surface area contributed by atoms with Crippen molar-refractivity contribution in [2.24, 2.45) is 5.92 Å². The van der Waals surface area contributed by atoms with Crippen LogP contribution in [-0.2, 0) is 19.1 Å². The number of esters is 1. The fraction of sp³-hybridized carbons (Fsp3) is 0.500. The van der Waals surface area contributed by atoms with E-state index in [-0.39, 0.29) is 30.1 Å². The number of benzene rings is 1. The highest BCUT2D eigenvalue weighted by Crippen LogP contribution is 2.32. The van der Waals surface area contributed by atoms with Crippen LogP contribution in [0.15, 0.2) is 18.2 Å². The number of halogens is 2. The molecule has 0 spiro atoms. The van der Waals surface area contributed by atoms with Gasteiger partial charge in [0.15, 0.2) is 0 Å². The smallest absolute Gasteiger partial charge is 0.309 e. The van der Waals surface area contributed by atoms with Crippen molar-refractivity contribution >= 4 is 46.7 Å². The first-order valence-electron chi connectivity index (χ1n) is 8.64. The van der Waals surface area contributed by atoms with Gasteiger partial charge in [0.25, 0.3) is 5.91 Å². The van der Waals surface area contributed by atoms with Gasteiger partial charge in [-0.3, -0.25) is 19.3 Å². The first kappa shape index (κ1) is 19.1. The molecule has 1 aromatic carbocycles. The lowest BCUT2D eigenvalue weighted by Gasteiger charge is -2.33. The predicted octanol–water partition coefficient (Wildman–Crippen LogP) is 2.90. The Bertz CT molecular complexity index is 712. The summed E-state index contributed by atoms with van der Waals surface area (Å²) in [4.78, 5) is 40.3. The summed E-state index contributed by atoms with van der Waals surface area (Å²) in [6, 6.07) is 4.15. The van der Waals surface area contributed by atoms with E-state index in [2.05, 4.69) is 0 Å². The molecule has 0 saturated carbocycles. The topological polar surface area (TPSA) is 66.9 Å². The van der Waals surface area contributed by atoms with Crippen molar-refractivity contribution in [3.05, 3.63) is 28.2 Å². The van der Waals surface area contributed by atoms with E-state index in [1.807, 2.05) is 4.90 Å². The van der Waals surface area contributed by atoms with Gasteiger partial charge in [-0.2, -0.15) is 0 Å². The van der Waals surface area contributed by atoms with Gasteiger partial charge in [0.1, 0.15) is 0 Å². The normalized spacial score (nSPS) is 22.1. The molecule has 0 aromatic heterocycles. The zero-order valence-electron chi connectivity index (χ0n) is 14.4. The standard InChI is InChI=1S/C18H20Cl2N2O4/c1-2-26-18(25)11-3-5-21(6-4-11)15-10-16(23)22(17(15)24)14-8-12(19)7-13(20)9-14/h7-9,11,15H,2-6,10H2,1H3. The summed E-state index contributed by atoms with van der Waals surface area (Å²) in [6.07, 6.45) is 1.37. The molecule has 6 nitrogen and oxygen atoms in total. The van der Waals surface area contributed by atoms with Crippen LogP contribution >= 0.6 is 23.2 Å². The second kappa shape index (κ2) is 7.94. The Morgan fingerprint density at radius 2 is 1.77 bits per heavy atom. The average molecular weight is 399 g/mol. The van der Waals surface area contributed by atoms with Crippen molar-refractivity contribution in [2.75, 3.05) is 24.6 Å². The minimum atomic E-state index is -0.511. The Morgan fingerprint density at radius 1 is 1.15 bits per heavy atom. The first-order chi connectivity index (χ1) is 12.4. The Kier molecular flexibility index (Phi) is 5.85. The monoisotopic (exact) mass is 398 g/mol. The number of imide groups is 1. The molecule has 0 bridgehead atoms. The molecule has 2 heterocycles. The van der Waals surface area contributed by atoms with Crippen molar-refractivity contribution in [1.29, 1.82) is 0 Å². The molecule has 26 heavy (non-hydrogen) atoms. The number of nitrogens with zero attached hydrogens (tertiary/aromatic N) is 2. The van der Waals surface area contributed by atoms with Gasteiger partial charge in [-0.05, 0) is 51.1 Å². The number of hydrogen-bond acceptors (Lipinski definition) is 5. The maximum Gasteiger partial charge on any atom is 0.309 e. The molecule has 2 aliphatic rings. The van der Waals surface area contributed by atoms with E-state index >= 15 is 0 Å². The number of ether oxygens (including phenoxy) is 1. The number of piperidine rings is 1. The molecular formula is C18H20Cl2N2O4. The molecule has 140 valence electrons. The molecular weight excluding hydrogens is 379 g/mol. The van der Waals surface area contributed by atoms with E-state index < -0.39 is 6.04 Å². The van der Waals surface area contributed by atoms with Gasteiger partial charge in [0.05, 0.1) is 30.7 Å². The Morgan fingerprint density at radius 3 is 2.35 bits per heavy atom. The Balaban J connectivity index is 1.69. The fourth-order valence-electron chi connectivity index (χ4n) is 3.55. The second-order valence-electron chi connectivity index (χ2n) is 6.48. The van der Waals surface area contributed by atoms with Gasteiger partial charge in [-0.1, -0.05) is 23.2 Å². The lowest BCUT2D eigenvalue weighted by molar-refractivity contribution is -0.149. The maximum atomic E-state index is 12.8. The van der Waals surface area contributed by atoms with Gasteiger partial charge in [-0.15, -0.1) is 0 Å². The van der Waals surface area contributed by atoms with Gasteiger partial charge in [0, 0.05) is 10.0 Å². The minimum Gasteiger partial charge on any atom is -0.466 e. The number of hydrogen-bond donors (Lipinski definition) is 0. The van der Waals surface area contributed by atoms with Gasteiger partial charge in [0.2, 0.25) is 5.91 Å². The predicted molar refractivity (Wildman–Crippen MR) is 98.3 cm³/mol. The van der Waals surface area contributed by atoms with Crippen molar-refractivity contribution in [3.8, 4) is 0 Å². The molecule has 0 aliphatic carbocycles. The van der Waals surface area contributed by atoms with Gasteiger partial charge in [-0.25, -0.2) is 4.90 Å². The number of carbonyl (C=O) groups is 3. The second-order valence-corrected chi connectivity index (χ2v) is 7.35. The summed E-state index contributed by atoms with van der Waals surface area (Å²) < 4.78 is 5.07. The summed E-state index contributed by atoms with van der Waals surface area (Å²) in [5, 5.41) is 0.735. The summed E-state index contributed by atoms with van der Waals surface area (Å²) in [5.74, 6) is -0.869. The van der Waals surface area contributed by atoms with Crippen LogP contribution < -0.4 is 4.90 Å². The first-order valence-corrected chi connectivity index (χ1v) is 9.40. The van der Waals surface area contributed by atoms with Crippen LogP contribution in [0.4, 0.5) is 5.69 Å². The van der Waals surface area contributed by atoms with Crippen LogP contribution in [0.2, 0.25) is 10.0 Å². The lowest BCUT2D eigenvalue weighted by atomic mass is 9.95. The summed E-state index contributed by atoms with van der Waals surface area (Å²) in [7, 11) is 0. The Hall–Kier alpha value is -1.63. The third-order valence-corrected chi connectivity index (χ3v) is 5.26. The van der Waals surface area contributed by atoms with Gasteiger partial charge >= 0.3 is 5.97 Å². The molecule has 3 rings (SSSR count). The van der Waals surface area contributed by atoms with Gasteiger partial charge < -0.3 is 4.74 Å². The average Bonchev–Trinajstić information content (AvgIpc) is 2.89. The largest absolute Gasteiger partial charge is 0.466 e. The van der Waals surface area contributed by atoms with Crippen LogP contribution in [0.5, 0.6) is 0 Å². The molecule has 0 radical (unpaired) electrons. The molecule has 2 fully saturated rings. The van der Waals surface area contributed by atoms with E-state index in [1.165, 1.54) is 0 Å². The van der Waals surface area contributed by atoms with Crippen molar-refractivity contribution in [1.82, 2.24) is 4.90 Å². The van der Waals surface area contributed by atoms with Crippen molar-refractivity contribution < 1.29 is 19.1 Å². The van der Waals surface area contributed by atoms with E-state index in [0.717, 1.165) is 4.90 Å². The van der Waals surface area contributed by atoms with Crippen LogP contribution in [0.3, 0.4) is 0 Å². The van der Waals surface area contributed by atoms with E-state index in [4.69, 9.17) is 27.9 Å². The fourth-order valence-corrected chi connectivity index (χ4v) is 4.06. The maximum absolute atomic E-state index is 12.8. The van der Waals surface area contributed by atoms with E-state index in [9.17, 15) is 14.4 Å². The number of carbonyl (C=O) groups excluding carboxylic acids is 3. The Labute approximate surface area is 162 Å². The quantitative estimate of drug-likeness (QED) is 0.576. The summed E-state index contributed by atoms with van der Waals surface area (Å²) in [6.45, 7) is 3.31. The van der Waals surface area contributed by atoms with E-state index in [0.29, 0.717) is 48.3 Å². The highest BCUT2D eigenvalue weighted by Gasteiger charge is 2.44. The van der Waals surface area contributed by atoms with Crippen LogP contribution in [0.1, 0.15) is 26.2 Å². The SMILES string of the molecule is CCOC(=O)C1CCN(C2CC(=O)N(c3cc(Cl)cc(Cl)c3)C2=O)CC1. The molecule has 2 amide bonds. The number of anilines is 1. The van der Waals surface area contributed by atoms with Crippen molar-refractivity contribution in [3.63, 3.8) is 0 Å². The molecule has 1 unspecified atom stereocenters. The molecule has 2 saturated heterocycles. The number of amides is 2. The van der Waals surface area contributed by atoms with Crippen LogP contribution in [0, 0.1) is 5.92 Å². The molecule has 8 heteroatoms. The third kappa shape index (κ3) is 3.87. The van der Waals surface area contributed by atoms with Crippen molar-refractivity contribution in [2.45, 2.75) is 32.2 Å². The number of rotatable bonds is 4. The van der Waals surface area contributed by atoms with Crippen LogP contribution in [0.25, 0.3) is 0 Å². The summed E-state index contributed by atoms with van der Waals surface area (Å²) in [5.41, 5.74) is 0.390. The highest BCUT2D eigenvalue weighted by atomic mass is 35.5. The lowest BCUT2D eigenvalue weighted by Crippen LogP contribution is -2.47. The number of likely N-dealkylation sites (tertiary alicyclic amines) is 1. The molecule has 1 atom stereocenters. The third-order valence-electron chi connectivity index (χ3n) is 4.82. The zero-order chi connectivity index (χ0) is 18.8. The van der Waals surface area contributed by atoms with Crippen LogP contribution in [-0.4, -0.2) is 48.4 Å². The zero-order valence-corrected chi connectivity index (χ0v) is 15.9. The molecule has 2 aliphatic heterocycles.